The summed E-state index contributed by atoms with van der Waals surface area (Å²) in [6.07, 6.45) is 3.60. The van der Waals surface area contributed by atoms with Gasteiger partial charge in [0.05, 0.1) is 15.9 Å². The van der Waals surface area contributed by atoms with Gasteiger partial charge >= 0.3 is 0 Å². The van der Waals surface area contributed by atoms with Crippen LogP contribution in [0, 0.1) is 6.92 Å². The molecule has 0 spiro atoms. The van der Waals surface area contributed by atoms with Crippen LogP contribution in [-0.4, -0.2) is 24.6 Å². The summed E-state index contributed by atoms with van der Waals surface area (Å²) < 4.78 is 30.5. The molecule has 1 aromatic heterocycles. The molecule has 0 atom stereocenters. The van der Waals surface area contributed by atoms with E-state index in [0.29, 0.717) is 23.4 Å². The molecule has 0 saturated heterocycles. The largest absolute Gasteiger partial charge is 0.491 e. The molecule has 0 aliphatic heterocycles. The Morgan fingerprint density at radius 2 is 2.20 bits per heavy atom. The average molecular weight is 360 g/mol. The molecule has 8 heteroatoms. The number of hydrogen-bond donors (Lipinski definition) is 1. The first-order valence-corrected chi connectivity index (χ1v) is 8.15. The van der Waals surface area contributed by atoms with Crippen molar-refractivity contribution in [1.29, 1.82) is 0 Å². The predicted octanol–water partition coefficient (Wildman–Crippen LogP) is 1.68. The van der Waals surface area contributed by atoms with Crippen molar-refractivity contribution >= 4 is 26.0 Å². The number of primary sulfonamides is 1. The number of nitrogens with two attached hydrogens (primary N) is 1. The second-order valence-corrected chi connectivity index (χ2v) is 6.57. The van der Waals surface area contributed by atoms with Crippen molar-refractivity contribution in [3.63, 3.8) is 0 Å². The lowest BCUT2D eigenvalue weighted by atomic mass is 10.3. The third-order valence-corrected chi connectivity index (χ3v) is 4.28. The van der Waals surface area contributed by atoms with Crippen molar-refractivity contribution in [2.75, 3.05) is 6.61 Å². The first-order chi connectivity index (χ1) is 9.38. The SMILES string of the molecule is Cc1nccn1CCOc1ccc(S(N)(=O)=O)cc1Br. The molecule has 2 rings (SSSR count). The molecule has 2 aromatic rings. The molecule has 1 aromatic carbocycles. The molecule has 108 valence electrons. The molecular formula is C12H14BrN3O3S. The minimum Gasteiger partial charge on any atom is -0.491 e. The van der Waals surface area contributed by atoms with E-state index in [9.17, 15) is 8.42 Å². The van der Waals surface area contributed by atoms with Gasteiger partial charge in [0.1, 0.15) is 18.2 Å². The highest BCUT2D eigenvalue weighted by molar-refractivity contribution is 9.10. The Hall–Kier alpha value is -1.38. The van der Waals surface area contributed by atoms with E-state index < -0.39 is 10.0 Å². The lowest BCUT2D eigenvalue weighted by molar-refractivity contribution is 0.295. The summed E-state index contributed by atoms with van der Waals surface area (Å²) in [4.78, 5) is 4.16. The molecule has 0 amide bonds. The van der Waals surface area contributed by atoms with Crippen LogP contribution in [0.2, 0.25) is 0 Å². The van der Waals surface area contributed by atoms with Gasteiger partial charge in [-0.3, -0.25) is 0 Å². The number of imidazole rings is 1. The highest BCUT2D eigenvalue weighted by Gasteiger charge is 2.11. The average Bonchev–Trinajstić information content (AvgIpc) is 2.76. The quantitative estimate of drug-likeness (QED) is 0.879. The normalized spacial score (nSPS) is 11.6. The van der Waals surface area contributed by atoms with E-state index in [1.54, 1.807) is 12.3 Å². The van der Waals surface area contributed by atoms with Gasteiger partial charge in [-0.15, -0.1) is 0 Å². The van der Waals surface area contributed by atoms with E-state index in [2.05, 4.69) is 20.9 Å². The van der Waals surface area contributed by atoms with E-state index in [4.69, 9.17) is 9.88 Å². The van der Waals surface area contributed by atoms with Gasteiger partial charge in [-0.05, 0) is 41.1 Å². The van der Waals surface area contributed by atoms with Crippen LogP contribution >= 0.6 is 15.9 Å². The molecule has 2 N–H and O–H groups in total. The molecule has 0 saturated carbocycles. The second-order valence-electron chi connectivity index (χ2n) is 4.15. The van der Waals surface area contributed by atoms with Crippen LogP contribution in [0.3, 0.4) is 0 Å². The summed E-state index contributed by atoms with van der Waals surface area (Å²) >= 11 is 3.27. The molecule has 6 nitrogen and oxygen atoms in total. The number of hydrogen-bond acceptors (Lipinski definition) is 4. The monoisotopic (exact) mass is 359 g/mol. The first-order valence-electron chi connectivity index (χ1n) is 5.81. The van der Waals surface area contributed by atoms with Gasteiger partial charge in [-0.25, -0.2) is 18.5 Å². The Bertz CT molecular complexity index is 712. The Morgan fingerprint density at radius 3 is 2.75 bits per heavy atom. The maximum absolute atomic E-state index is 11.2. The standard InChI is InChI=1S/C12H14BrN3O3S/c1-9-15-4-5-16(9)6-7-19-12-3-2-10(8-11(12)13)20(14,17)18/h2-5,8H,6-7H2,1H3,(H2,14,17,18). The lowest BCUT2D eigenvalue weighted by Crippen LogP contribution is -2.12. The molecule has 0 aliphatic rings. The number of rotatable bonds is 5. The minimum atomic E-state index is -3.70. The zero-order chi connectivity index (χ0) is 14.8. The van der Waals surface area contributed by atoms with Crippen molar-refractivity contribution in [3.8, 4) is 5.75 Å². The summed E-state index contributed by atoms with van der Waals surface area (Å²) in [5, 5.41) is 5.06. The van der Waals surface area contributed by atoms with E-state index >= 15 is 0 Å². The zero-order valence-corrected chi connectivity index (χ0v) is 13.2. The summed E-state index contributed by atoms with van der Waals surface area (Å²) in [6, 6.07) is 4.41. The Morgan fingerprint density at radius 1 is 1.45 bits per heavy atom. The Kier molecular flexibility index (Phi) is 4.46. The van der Waals surface area contributed by atoms with Crippen molar-refractivity contribution in [1.82, 2.24) is 9.55 Å². The van der Waals surface area contributed by atoms with E-state index in [1.807, 2.05) is 17.7 Å². The maximum Gasteiger partial charge on any atom is 0.238 e. The number of nitrogens with zero attached hydrogens (tertiary/aromatic N) is 2. The predicted molar refractivity (Wildman–Crippen MR) is 78.0 cm³/mol. The third kappa shape index (κ3) is 3.59. The minimum absolute atomic E-state index is 0.0437. The fourth-order valence-electron chi connectivity index (χ4n) is 1.67. The van der Waals surface area contributed by atoms with E-state index in [-0.39, 0.29) is 4.90 Å². The fourth-order valence-corrected chi connectivity index (χ4v) is 2.85. The molecule has 0 bridgehead atoms. The topological polar surface area (TPSA) is 87.2 Å². The van der Waals surface area contributed by atoms with Crippen LogP contribution in [0.15, 0.2) is 40.0 Å². The third-order valence-electron chi connectivity index (χ3n) is 2.75. The lowest BCUT2D eigenvalue weighted by Gasteiger charge is -2.10. The summed E-state index contributed by atoms with van der Waals surface area (Å²) in [6.45, 7) is 3.02. The van der Waals surface area contributed by atoms with Gasteiger partial charge in [0.2, 0.25) is 10.0 Å². The molecule has 0 radical (unpaired) electrons. The van der Waals surface area contributed by atoms with Crippen LogP contribution in [0.5, 0.6) is 5.75 Å². The van der Waals surface area contributed by atoms with Gasteiger partial charge in [0.25, 0.3) is 0 Å². The van der Waals surface area contributed by atoms with Crippen molar-refractivity contribution < 1.29 is 13.2 Å². The van der Waals surface area contributed by atoms with Crippen molar-refractivity contribution in [2.24, 2.45) is 5.14 Å². The number of ether oxygens (including phenoxy) is 1. The van der Waals surface area contributed by atoms with Gasteiger partial charge in [0.15, 0.2) is 0 Å². The highest BCUT2D eigenvalue weighted by Crippen LogP contribution is 2.27. The second kappa shape index (κ2) is 5.94. The fraction of sp³-hybridized carbons (Fsp3) is 0.250. The van der Waals surface area contributed by atoms with Crippen LogP contribution in [0.25, 0.3) is 0 Å². The molecule has 20 heavy (non-hydrogen) atoms. The summed E-state index contributed by atoms with van der Waals surface area (Å²) in [5.41, 5.74) is 0. The highest BCUT2D eigenvalue weighted by atomic mass is 79.9. The summed E-state index contributed by atoms with van der Waals surface area (Å²) in [7, 11) is -3.70. The number of sulfonamides is 1. The van der Waals surface area contributed by atoms with Crippen LogP contribution < -0.4 is 9.88 Å². The van der Waals surface area contributed by atoms with Gasteiger partial charge in [0, 0.05) is 12.4 Å². The Labute approximate surface area is 125 Å². The molecule has 0 aliphatic carbocycles. The zero-order valence-electron chi connectivity index (χ0n) is 10.8. The van der Waals surface area contributed by atoms with Gasteiger partial charge in [-0.2, -0.15) is 0 Å². The molecule has 0 unspecified atom stereocenters. The molecule has 0 fully saturated rings. The molecular weight excluding hydrogens is 346 g/mol. The number of aromatic nitrogens is 2. The maximum atomic E-state index is 11.2. The smallest absolute Gasteiger partial charge is 0.238 e. The van der Waals surface area contributed by atoms with Crippen LogP contribution in [0.1, 0.15) is 5.82 Å². The molecule has 1 heterocycles. The number of halogens is 1. The first kappa shape index (κ1) is 15.0. The number of aryl methyl sites for hydroxylation is 1. The van der Waals surface area contributed by atoms with Gasteiger partial charge in [-0.1, -0.05) is 0 Å². The summed E-state index contributed by atoms with van der Waals surface area (Å²) in [5.74, 6) is 1.48. The van der Waals surface area contributed by atoms with E-state index in [0.717, 1.165) is 5.82 Å². The van der Waals surface area contributed by atoms with E-state index in [1.165, 1.54) is 12.1 Å². The van der Waals surface area contributed by atoms with Crippen molar-refractivity contribution in [2.45, 2.75) is 18.4 Å². The van der Waals surface area contributed by atoms with Crippen molar-refractivity contribution in [3.05, 3.63) is 40.9 Å². The Balaban J connectivity index is 2.02. The number of benzene rings is 1. The van der Waals surface area contributed by atoms with Crippen LogP contribution in [-0.2, 0) is 16.6 Å². The van der Waals surface area contributed by atoms with Gasteiger partial charge < -0.3 is 9.30 Å². The van der Waals surface area contributed by atoms with Crippen LogP contribution in [0.4, 0.5) is 0 Å².